The Bertz CT molecular complexity index is 464. The van der Waals surface area contributed by atoms with E-state index in [0.29, 0.717) is 22.5 Å². The van der Waals surface area contributed by atoms with Gasteiger partial charge in [-0.25, -0.2) is 0 Å². The Hall–Kier alpha value is -1.20. The average Bonchev–Trinajstić information content (AvgIpc) is 2.35. The molecular formula is C15H19ClN2. The molecule has 1 fully saturated rings. The van der Waals surface area contributed by atoms with Crippen molar-refractivity contribution in [3.05, 3.63) is 28.8 Å². The Morgan fingerprint density at radius 2 is 2.11 bits per heavy atom. The minimum absolute atomic E-state index is 0.512. The van der Waals surface area contributed by atoms with Crippen molar-refractivity contribution in [2.75, 3.05) is 5.32 Å². The summed E-state index contributed by atoms with van der Waals surface area (Å²) >= 11 is 6.05. The van der Waals surface area contributed by atoms with Gasteiger partial charge in [0.25, 0.3) is 0 Å². The molecule has 1 aromatic rings. The second-order valence-electron chi connectivity index (χ2n) is 5.32. The number of nitrogens with zero attached hydrogens (tertiary/aromatic N) is 1. The van der Waals surface area contributed by atoms with Crippen molar-refractivity contribution in [2.24, 2.45) is 11.8 Å². The van der Waals surface area contributed by atoms with Crippen LogP contribution in [0.25, 0.3) is 0 Å². The van der Waals surface area contributed by atoms with E-state index in [1.54, 1.807) is 6.07 Å². The number of nitriles is 1. The van der Waals surface area contributed by atoms with Crippen molar-refractivity contribution in [2.45, 2.75) is 39.2 Å². The molecule has 0 spiro atoms. The molecule has 2 nitrogen and oxygen atoms in total. The first-order valence-electron chi connectivity index (χ1n) is 6.58. The van der Waals surface area contributed by atoms with E-state index in [0.717, 1.165) is 11.6 Å². The summed E-state index contributed by atoms with van der Waals surface area (Å²) in [4.78, 5) is 0. The molecule has 0 saturated heterocycles. The maximum atomic E-state index is 8.85. The first kappa shape index (κ1) is 13.2. The first-order chi connectivity index (χ1) is 8.61. The highest BCUT2D eigenvalue weighted by Gasteiger charge is 2.26. The Labute approximate surface area is 114 Å². The topological polar surface area (TPSA) is 35.8 Å². The summed E-state index contributed by atoms with van der Waals surface area (Å²) in [5.41, 5.74) is 1.55. The molecule has 2 rings (SSSR count). The number of hydrogen-bond acceptors (Lipinski definition) is 2. The van der Waals surface area contributed by atoms with Gasteiger partial charge in [0, 0.05) is 11.7 Å². The van der Waals surface area contributed by atoms with E-state index in [9.17, 15) is 0 Å². The van der Waals surface area contributed by atoms with Gasteiger partial charge in [-0.05, 0) is 36.5 Å². The van der Waals surface area contributed by atoms with Crippen LogP contribution in [0.5, 0.6) is 0 Å². The highest BCUT2D eigenvalue weighted by Crippen LogP contribution is 2.32. The van der Waals surface area contributed by atoms with Gasteiger partial charge in [-0.1, -0.05) is 38.3 Å². The maximum absolute atomic E-state index is 8.85. The lowest BCUT2D eigenvalue weighted by molar-refractivity contribution is 0.253. The van der Waals surface area contributed by atoms with Crippen molar-refractivity contribution in [3.8, 4) is 6.07 Å². The van der Waals surface area contributed by atoms with Gasteiger partial charge in [0.05, 0.1) is 10.6 Å². The molecule has 96 valence electrons. The van der Waals surface area contributed by atoms with Crippen LogP contribution in [-0.4, -0.2) is 6.04 Å². The zero-order chi connectivity index (χ0) is 13.1. The fraction of sp³-hybridized carbons (Fsp3) is 0.533. The van der Waals surface area contributed by atoms with Crippen molar-refractivity contribution in [3.63, 3.8) is 0 Å². The molecule has 1 aromatic carbocycles. The number of halogens is 1. The lowest BCUT2D eigenvalue weighted by Gasteiger charge is -2.35. The summed E-state index contributed by atoms with van der Waals surface area (Å²) < 4.78 is 0. The Kier molecular flexibility index (Phi) is 4.14. The van der Waals surface area contributed by atoms with Crippen LogP contribution in [0, 0.1) is 23.2 Å². The standard InChI is InChI=1S/C15H19ClN2/c1-10-4-3-5-15(11(10)2)18-13-7-6-12(9-17)14(16)8-13/h6-8,10-11,15,18H,3-5H2,1-2H3. The van der Waals surface area contributed by atoms with E-state index in [2.05, 4.69) is 25.2 Å². The third kappa shape index (κ3) is 2.79. The Balaban J connectivity index is 2.09. The molecule has 0 aromatic heterocycles. The smallest absolute Gasteiger partial charge is 0.101 e. The molecule has 0 amide bonds. The van der Waals surface area contributed by atoms with Crippen LogP contribution in [-0.2, 0) is 0 Å². The Morgan fingerprint density at radius 3 is 2.78 bits per heavy atom. The normalized spacial score (nSPS) is 27.6. The summed E-state index contributed by atoms with van der Waals surface area (Å²) in [6.07, 6.45) is 3.82. The van der Waals surface area contributed by atoms with Crippen molar-refractivity contribution >= 4 is 17.3 Å². The quantitative estimate of drug-likeness (QED) is 0.855. The number of anilines is 1. The van der Waals surface area contributed by atoms with Crippen LogP contribution >= 0.6 is 11.6 Å². The van der Waals surface area contributed by atoms with E-state index < -0.39 is 0 Å². The van der Waals surface area contributed by atoms with Gasteiger partial charge in [0.2, 0.25) is 0 Å². The zero-order valence-corrected chi connectivity index (χ0v) is 11.7. The molecule has 18 heavy (non-hydrogen) atoms. The number of rotatable bonds is 2. The summed E-state index contributed by atoms with van der Waals surface area (Å²) in [6, 6.07) is 8.17. The molecule has 1 N–H and O–H groups in total. The molecule has 1 aliphatic carbocycles. The average molecular weight is 263 g/mol. The number of nitrogens with one attached hydrogen (secondary N) is 1. The van der Waals surface area contributed by atoms with Crippen molar-refractivity contribution in [1.82, 2.24) is 0 Å². The minimum Gasteiger partial charge on any atom is -0.382 e. The fourth-order valence-corrected chi connectivity index (χ4v) is 2.92. The monoisotopic (exact) mass is 262 g/mol. The highest BCUT2D eigenvalue weighted by atomic mass is 35.5. The zero-order valence-electron chi connectivity index (χ0n) is 10.9. The van der Waals surface area contributed by atoms with E-state index >= 15 is 0 Å². The molecule has 1 aliphatic rings. The second kappa shape index (κ2) is 5.63. The molecule has 0 heterocycles. The van der Waals surface area contributed by atoms with Crippen LogP contribution in [0.4, 0.5) is 5.69 Å². The van der Waals surface area contributed by atoms with Gasteiger partial charge in [0.15, 0.2) is 0 Å². The highest BCUT2D eigenvalue weighted by molar-refractivity contribution is 6.32. The summed E-state index contributed by atoms with van der Waals surface area (Å²) in [5.74, 6) is 1.44. The van der Waals surface area contributed by atoms with Gasteiger partial charge >= 0.3 is 0 Å². The summed E-state index contributed by atoms with van der Waals surface area (Å²) in [6.45, 7) is 4.64. The predicted octanol–water partition coefficient (Wildman–Crippen LogP) is 4.45. The van der Waals surface area contributed by atoms with E-state index in [4.69, 9.17) is 16.9 Å². The molecule has 0 radical (unpaired) electrons. The van der Waals surface area contributed by atoms with Crippen LogP contribution in [0.3, 0.4) is 0 Å². The molecule has 0 aliphatic heterocycles. The van der Waals surface area contributed by atoms with E-state index in [-0.39, 0.29) is 0 Å². The summed E-state index contributed by atoms with van der Waals surface area (Å²) in [5, 5.41) is 12.9. The third-order valence-corrected chi connectivity index (χ3v) is 4.46. The second-order valence-corrected chi connectivity index (χ2v) is 5.73. The largest absolute Gasteiger partial charge is 0.382 e. The van der Waals surface area contributed by atoms with Gasteiger partial charge in [0.1, 0.15) is 6.07 Å². The molecule has 3 heteroatoms. The van der Waals surface area contributed by atoms with Crippen LogP contribution in [0.2, 0.25) is 5.02 Å². The van der Waals surface area contributed by atoms with Gasteiger partial charge in [-0.2, -0.15) is 5.26 Å². The van der Waals surface area contributed by atoms with Gasteiger partial charge < -0.3 is 5.32 Å². The van der Waals surface area contributed by atoms with E-state index in [1.807, 2.05) is 12.1 Å². The lowest BCUT2D eigenvalue weighted by atomic mass is 9.78. The summed E-state index contributed by atoms with van der Waals surface area (Å²) in [7, 11) is 0. The Morgan fingerprint density at radius 1 is 1.33 bits per heavy atom. The maximum Gasteiger partial charge on any atom is 0.101 e. The first-order valence-corrected chi connectivity index (χ1v) is 6.96. The molecule has 0 bridgehead atoms. The fourth-order valence-electron chi connectivity index (χ4n) is 2.70. The third-order valence-electron chi connectivity index (χ3n) is 4.15. The van der Waals surface area contributed by atoms with Crippen molar-refractivity contribution < 1.29 is 0 Å². The molecule has 3 unspecified atom stereocenters. The van der Waals surface area contributed by atoms with E-state index in [1.165, 1.54) is 19.3 Å². The lowest BCUT2D eigenvalue weighted by Crippen LogP contribution is -2.34. The SMILES string of the molecule is CC1CCCC(Nc2ccc(C#N)c(Cl)c2)C1C. The number of benzene rings is 1. The van der Waals surface area contributed by atoms with Gasteiger partial charge in [-0.3, -0.25) is 0 Å². The van der Waals surface area contributed by atoms with Crippen molar-refractivity contribution in [1.29, 1.82) is 5.26 Å². The van der Waals surface area contributed by atoms with Crippen LogP contribution < -0.4 is 5.32 Å². The molecule has 1 saturated carbocycles. The molecule has 3 atom stereocenters. The minimum atomic E-state index is 0.512. The van der Waals surface area contributed by atoms with Gasteiger partial charge in [-0.15, -0.1) is 0 Å². The predicted molar refractivity (Wildman–Crippen MR) is 75.8 cm³/mol. The molecular weight excluding hydrogens is 244 g/mol. The van der Waals surface area contributed by atoms with Crippen LogP contribution in [0.1, 0.15) is 38.7 Å². The number of hydrogen-bond donors (Lipinski definition) is 1. The van der Waals surface area contributed by atoms with Crippen LogP contribution in [0.15, 0.2) is 18.2 Å².